The fraction of sp³-hybridized carbons (Fsp3) is 0.400. The van der Waals surface area contributed by atoms with Crippen LogP contribution in [0.2, 0.25) is 5.02 Å². The largest absolute Gasteiger partial charge is 0.416 e. The molecule has 0 spiro atoms. The van der Waals surface area contributed by atoms with Crippen molar-refractivity contribution in [3.63, 3.8) is 0 Å². The molecule has 1 saturated heterocycles. The Morgan fingerprint density at radius 1 is 1.18 bits per heavy atom. The van der Waals surface area contributed by atoms with Gasteiger partial charge in [0.05, 0.1) is 23.8 Å². The van der Waals surface area contributed by atoms with Gasteiger partial charge in [-0.3, -0.25) is 0 Å². The second kappa shape index (κ2) is 4.44. The molecule has 0 bridgehead atoms. The van der Waals surface area contributed by atoms with Gasteiger partial charge < -0.3 is 9.47 Å². The first-order valence-corrected chi connectivity index (χ1v) is 5.07. The first kappa shape index (κ1) is 12.6. The Morgan fingerprint density at radius 3 is 2.29 bits per heavy atom. The van der Waals surface area contributed by atoms with E-state index >= 15 is 0 Å². The standard InChI is InChI=1S/C10H7ClF4O2/c11-7-4-5(10(13,14)15)3-6(8(7)12)9-16-1-2-17-9/h3-4,9H,1-2H2. The van der Waals surface area contributed by atoms with Crippen LogP contribution < -0.4 is 0 Å². The predicted octanol–water partition coefficient (Wildman–Crippen LogP) is 3.54. The third kappa shape index (κ3) is 2.53. The first-order chi connectivity index (χ1) is 7.89. The second-order valence-corrected chi connectivity index (χ2v) is 3.84. The average molecular weight is 271 g/mol. The van der Waals surface area contributed by atoms with Crippen LogP contribution in [0, 0.1) is 5.82 Å². The van der Waals surface area contributed by atoms with Crippen molar-refractivity contribution in [3.05, 3.63) is 34.1 Å². The van der Waals surface area contributed by atoms with Crippen LogP contribution in [0.4, 0.5) is 17.6 Å². The summed E-state index contributed by atoms with van der Waals surface area (Å²) in [6.45, 7) is 0.413. The minimum atomic E-state index is -4.59. The Morgan fingerprint density at radius 2 is 1.76 bits per heavy atom. The van der Waals surface area contributed by atoms with Gasteiger partial charge in [0.2, 0.25) is 0 Å². The van der Waals surface area contributed by atoms with Crippen LogP contribution in [0.1, 0.15) is 17.4 Å². The lowest BCUT2D eigenvalue weighted by atomic mass is 10.1. The number of hydrogen-bond donors (Lipinski definition) is 0. The van der Waals surface area contributed by atoms with E-state index in [9.17, 15) is 17.6 Å². The molecule has 1 aliphatic heterocycles. The summed E-state index contributed by atoms with van der Waals surface area (Å²) in [4.78, 5) is 0. The Balaban J connectivity index is 2.46. The SMILES string of the molecule is Fc1c(Cl)cc(C(F)(F)F)cc1C1OCCO1. The summed E-state index contributed by atoms with van der Waals surface area (Å²) in [5.41, 5.74) is -1.36. The number of ether oxygens (including phenoxy) is 2. The zero-order valence-corrected chi connectivity index (χ0v) is 9.11. The van der Waals surface area contributed by atoms with Crippen LogP contribution in [0.5, 0.6) is 0 Å². The molecule has 1 fully saturated rings. The van der Waals surface area contributed by atoms with E-state index < -0.39 is 28.9 Å². The number of rotatable bonds is 1. The molecule has 0 N–H and O–H groups in total. The van der Waals surface area contributed by atoms with E-state index in [0.29, 0.717) is 12.1 Å². The van der Waals surface area contributed by atoms with Gasteiger partial charge in [0, 0.05) is 5.56 Å². The maximum absolute atomic E-state index is 13.6. The van der Waals surface area contributed by atoms with Crippen LogP contribution in [0.3, 0.4) is 0 Å². The van der Waals surface area contributed by atoms with Gasteiger partial charge in [-0.1, -0.05) is 11.6 Å². The van der Waals surface area contributed by atoms with Crippen molar-refractivity contribution in [3.8, 4) is 0 Å². The smallest absolute Gasteiger partial charge is 0.346 e. The summed E-state index contributed by atoms with van der Waals surface area (Å²) in [5.74, 6) is -0.952. The molecule has 17 heavy (non-hydrogen) atoms. The molecule has 0 saturated carbocycles. The monoisotopic (exact) mass is 270 g/mol. The highest BCUT2D eigenvalue weighted by atomic mass is 35.5. The molecule has 0 amide bonds. The van der Waals surface area contributed by atoms with Crippen LogP contribution in [-0.4, -0.2) is 13.2 Å². The maximum atomic E-state index is 13.6. The van der Waals surface area contributed by atoms with E-state index in [2.05, 4.69) is 0 Å². The number of halogens is 5. The van der Waals surface area contributed by atoms with Crippen LogP contribution in [0.15, 0.2) is 12.1 Å². The minimum absolute atomic E-state index is 0.206. The van der Waals surface area contributed by atoms with Crippen molar-refractivity contribution in [2.45, 2.75) is 12.5 Å². The first-order valence-electron chi connectivity index (χ1n) is 4.69. The quantitative estimate of drug-likeness (QED) is 0.727. The zero-order valence-electron chi connectivity index (χ0n) is 8.35. The molecule has 0 atom stereocenters. The molecule has 94 valence electrons. The van der Waals surface area contributed by atoms with Gasteiger partial charge in [-0.25, -0.2) is 4.39 Å². The zero-order chi connectivity index (χ0) is 12.6. The lowest BCUT2D eigenvalue weighted by Gasteiger charge is -2.14. The van der Waals surface area contributed by atoms with Crippen LogP contribution in [0.25, 0.3) is 0 Å². The van der Waals surface area contributed by atoms with Crippen molar-refractivity contribution in [1.29, 1.82) is 0 Å². The highest BCUT2D eigenvalue weighted by Gasteiger charge is 2.34. The van der Waals surface area contributed by atoms with E-state index in [1.807, 2.05) is 0 Å². The van der Waals surface area contributed by atoms with Gasteiger partial charge in [0.1, 0.15) is 5.82 Å². The van der Waals surface area contributed by atoms with Gasteiger partial charge in [-0.15, -0.1) is 0 Å². The van der Waals surface area contributed by atoms with Gasteiger partial charge in [0.25, 0.3) is 0 Å². The topological polar surface area (TPSA) is 18.5 Å². The molecule has 1 aromatic rings. The molecular formula is C10H7ClF4O2. The Kier molecular flexibility index (Phi) is 3.29. The maximum Gasteiger partial charge on any atom is 0.416 e. The summed E-state index contributed by atoms with van der Waals surface area (Å²) in [6.07, 6.45) is -5.72. The molecule has 2 nitrogen and oxygen atoms in total. The minimum Gasteiger partial charge on any atom is -0.346 e. The van der Waals surface area contributed by atoms with E-state index in [1.54, 1.807) is 0 Å². The molecule has 0 unspecified atom stereocenters. The Hall–Kier alpha value is -0.850. The molecule has 0 aromatic heterocycles. The van der Waals surface area contributed by atoms with Crippen molar-refractivity contribution >= 4 is 11.6 Å². The summed E-state index contributed by atoms with van der Waals surface area (Å²) >= 11 is 5.42. The number of benzene rings is 1. The highest BCUT2D eigenvalue weighted by Crippen LogP contribution is 2.36. The normalized spacial score (nSPS) is 17.7. The fourth-order valence-corrected chi connectivity index (χ4v) is 1.71. The van der Waals surface area contributed by atoms with Crippen LogP contribution >= 0.6 is 11.6 Å². The molecule has 2 rings (SSSR count). The Labute approximate surface area is 99.1 Å². The second-order valence-electron chi connectivity index (χ2n) is 3.43. The van der Waals surface area contributed by atoms with E-state index in [4.69, 9.17) is 21.1 Å². The molecule has 1 heterocycles. The third-order valence-corrected chi connectivity index (χ3v) is 2.53. The molecule has 1 aromatic carbocycles. The molecule has 7 heteroatoms. The van der Waals surface area contributed by atoms with Gasteiger partial charge in [-0.05, 0) is 12.1 Å². The highest BCUT2D eigenvalue weighted by molar-refractivity contribution is 6.30. The average Bonchev–Trinajstić information content (AvgIpc) is 2.73. The molecule has 1 aliphatic rings. The Bertz CT molecular complexity index is 427. The van der Waals surface area contributed by atoms with Crippen LogP contribution in [-0.2, 0) is 15.7 Å². The van der Waals surface area contributed by atoms with Crippen molar-refractivity contribution in [1.82, 2.24) is 0 Å². The van der Waals surface area contributed by atoms with Gasteiger partial charge in [0.15, 0.2) is 6.29 Å². The summed E-state index contributed by atoms with van der Waals surface area (Å²) in [5, 5.41) is -0.603. The third-order valence-electron chi connectivity index (χ3n) is 2.26. The molecular weight excluding hydrogens is 264 g/mol. The van der Waals surface area contributed by atoms with Crippen molar-refractivity contribution in [2.24, 2.45) is 0 Å². The summed E-state index contributed by atoms with van der Waals surface area (Å²) in [6, 6.07) is 1.19. The van der Waals surface area contributed by atoms with E-state index in [0.717, 1.165) is 0 Å². The summed E-state index contributed by atoms with van der Waals surface area (Å²) in [7, 11) is 0. The lowest BCUT2D eigenvalue weighted by Crippen LogP contribution is -2.09. The molecule has 0 aliphatic carbocycles. The van der Waals surface area contributed by atoms with Crippen molar-refractivity contribution < 1.29 is 27.0 Å². The lowest BCUT2D eigenvalue weighted by molar-refractivity contribution is -0.137. The van der Waals surface area contributed by atoms with Crippen molar-refractivity contribution in [2.75, 3.05) is 13.2 Å². The summed E-state index contributed by atoms with van der Waals surface area (Å²) < 4.78 is 61.0. The number of hydrogen-bond acceptors (Lipinski definition) is 2. The number of alkyl halides is 3. The predicted molar refractivity (Wildman–Crippen MR) is 51.1 cm³/mol. The van der Waals surface area contributed by atoms with Gasteiger partial charge >= 0.3 is 6.18 Å². The fourth-order valence-electron chi connectivity index (χ4n) is 1.48. The molecule has 0 radical (unpaired) electrons. The van der Waals surface area contributed by atoms with E-state index in [-0.39, 0.29) is 18.8 Å². The van der Waals surface area contributed by atoms with E-state index in [1.165, 1.54) is 0 Å². The van der Waals surface area contributed by atoms with Gasteiger partial charge in [-0.2, -0.15) is 13.2 Å².